The van der Waals surface area contributed by atoms with E-state index in [1.165, 1.54) is 6.07 Å². The molecule has 0 radical (unpaired) electrons. The second-order valence-electron chi connectivity index (χ2n) is 2.84. The molecule has 0 saturated carbocycles. The molecule has 0 saturated heterocycles. The second kappa shape index (κ2) is 4.82. The molecule has 0 aromatic carbocycles. The lowest BCUT2D eigenvalue weighted by Crippen LogP contribution is -2.04. The predicted octanol–water partition coefficient (Wildman–Crippen LogP) is 1.53. The average molecular weight is 182 g/mol. The van der Waals surface area contributed by atoms with E-state index < -0.39 is 0 Å². The lowest BCUT2D eigenvalue weighted by Gasteiger charge is -2.01. The van der Waals surface area contributed by atoms with Gasteiger partial charge in [0, 0.05) is 12.7 Å². The number of aryl methyl sites for hydroxylation is 1. The van der Waals surface area contributed by atoms with Crippen LogP contribution in [0.1, 0.15) is 18.2 Å². The first-order valence-electron chi connectivity index (χ1n) is 4.41. The standard InChI is InChI=1S/C10H14O3/c1-3-12-5-4-9-6-8(2)13-10(11)7-9/h6-7H,3-5H2,1-2H3. The van der Waals surface area contributed by atoms with Crippen molar-refractivity contribution in [1.29, 1.82) is 0 Å². The van der Waals surface area contributed by atoms with Gasteiger partial charge in [-0.2, -0.15) is 0 Å². The van der Waals surface area contributed by atoms with Crippen molar-refractivity contribution in [3.05, 3.63) is 33.9 Å². The summed E-state index contributed by atoms with van der Waals surface area (Å²) in [4.78, 5) is 10.9. The van der Waals surface area contributed by atoms with Crippen molar-refractivity contribution in [2.45, 2.75) is 20.3 Å². The number of rotatable bonds is 4. The van der Waals surface area contributed by atoms with Crippen LogP contribution >= 0.6 is 0 Å². The highest BCUT2D eigenvalue weighted by atomic mass is 16.5. The van der Waals surface area contributed by atoms with Crippen LogP contribution in [0, 0.1) is 6.92 Å². The minimum atomic E-state index is -0.286. The Balaban J connectivity index is 2.61. The van der Waals surface area contributed by atoms with E-state index >= 15 is 0 Å². The van der Waals surface area contributed by atoms with Gasteiger partial charge in [0.2, 0.25) is 0 Å². The van der Waals surface area contributed by atoms with Crippen LogP contribution in [0.4, 0.5) is 0 Å². The monoisotopic (exact) mass is 182 g/mol. The SMILES string of the molecule is CCOCCc1cc(C)oc(=O)c1. The first-order chi connectivity index (χ1) is 6.22. The molecule has 0 aliphatic rings. The fraction of sp³-hybridized carbons (Fsp3) is 0.500. The zero-order valence-corrected chi connectivity index (χ0v) is 8.00. The maximum atomic E-state index is 10.9. The van der Waals surface area contributed by atoms with Crippen LogP contribution in [0.5, 0.6) is 0 Å². The molecule has 3 heteroatoms. The summed E-state index contributed by atoms with van der Waals surface area (Å²) >= 11 is 0. The van der Waals surface area contributed by atoms with Crippen molar-refractivity contribution in [2.75, 3.05) is 13.2 Å². The molecule has 0 unspecified atom stereocenters. The summed E-state index contributed by atoms with van der Waals surface area (Å²) in [5.41, 5.74) is 0.689. The van der Waals surface area contributed by atoms with Gasteiger partial charge in [-0.3, -0.25) is 0 Å². The highest BCUT2D eigenvalue weighted by Gasteiger charge is 1.97. The van der Waals surface area contributed by atoms with Gasteiger partial charge in [-0.25, -0.2) is 4.79 Å². The van der Waals surface area contributed by atoms with Crippen LogP contribution in [0.2, 0.25) is 0 Å². The van der Waals surface area contributed by atoms with Crippen LogP contribution in [-0.4, -0.2) is 13.2 Å². The minimum Gasteiger partial charge on any atom is -0.428 e. The van der Waals surface area contributed by atoms with Gasteiger partial charge in [-0.05, 0) is 31.9 Å². The van der Waals surface area contributed by atoms with E-state index in [1.54, 1.807) is 6.92 Å². The van der Waals surface area contributed by atoms with E-state index in [1.807, 2.05) is 13.0 Å². The largest absolute Gasteiger partial charge is 0.428 e. The first-order valence-corrected chi connectivity index (χ1v) is 4.41. The highest BCUT2D eigenvalue weighted by Crippen LogP contribution is 2.01. The van der Waals surface area contributed by atoms with Gasteiger partial charge in [0.15, 0.2) is 0 Å². The second-order valence-corrected chi connectivity index (χ2v) is 2.84. The molecule has 1 heterocycles. The van der Waals surface area contributed by atoms with Crippen LogP contribution in [0.25, 0.3) is 0 Å². The van der Waals surface area contributed by atoms with E-state index in [2.05, 4.69) is 0 Å². The quantitative estimate of drug-likeness (QED) is 0.663. The fourth-order valence-electron chi connectivity index (χ4n) is 1.15. The Morgan fingerprint density at radius 1 is 1.46 bits per heavy atom. The summed E-state index contributed by atoms with van der Waals surface area (Å²) < 4.78 is 10.0. The number of ether oxygens (including phenoxy) is 1. The molecule has 0 N–H and O–H groups in total. The maximum Gasteiger partial charge on any atom is 0.336 e. The van der Waals surface area contributed by atoms with Crippen molar-refractivity contribution in [3.63, 3.8) is 0 Å². The zero-order valence-electron chi connectivity index (χ0n) is 8.00. The van der Waals surface area contributed by atoms with Crippen molar-refractivity contribution in [1.82, 2.24) is 0 Å². The average Bonchev–Trinajstić information content (AvgIpc) is 2.03. The number of hydrogen-bond acceptors (Lipinski definition) is 3. The lowest BCUT2D eigenvalue weighted by molar-refractivity contribution is 0.151. The molecule has 0 bridgehead atoms. The van der Waals surface area contributed by atoms with Crippen molar-refractivity contribution < 1.29 is 9.15 Å². The van der Waals surface area contributed by atoms with Crippen LogP contribution < -0.4 is 5.63 Å². The zero-order chi connectivity index (χ0) is 9.68. The Hall–Kier alpha value is -1.09. The minimum absolute atomic E-state index is 0.286. The summed E-state index contributed by atoms with van der Waals surface area (Å²) in [6.45, 7) is 5.08. The molecule has 0 fully saturated rings. The van der Waals surface area contributed by atoms with Gasteiger partial charge in [-0.1, -0.05) is 0 Å². The third-order valence-corrected chi connectivity index (χ3v) is 1.69. The van der Waals surface area contributed by atoms with Crippen molar-refractivity contribution in [3.8, 4) is 0 Å². The van der Waals surface area contributed by atoms with E-state index in [-0.39, 0.29) is 5.63 Å². The molecule has 1 rings (SSSR count). The molecular weight excluding hydrogens is 168 g/mol. The van der Waals surface area contributed by atoms with Crippen LogP contribution in [-0.2, 0) is 11.2 Å². The van der Waals surface area contributed by atoms with Crippen molar-refractivity contribution in [2.24, 2.45) is 0 Å². The van der Waals surface area contributed by atoms with Gasteiger partial charge in [0.25, 0.3) is 0 Å². The number of hydrogen-bond donors (Lipinski definition) is 0. The van der Waals surface area contributed by atoms with Crippen LogP contribution in [0.15, 0.2) is 21.3 Å². The Morgan fingerprint density at radius 3 is 2.85 bits per heavy atom. The molecule has 0 amide bonds. The summed E-state index contributed by atoms with van der Waals surface area (Å²) in [5, 5.41) is 0. The normalized spacial score (nSPS) is 10.3. The van der Waals surface area contributed by atoms with Gasteiger partial charge in [-0.15, -0.1) is 0 Å². The fourth-order valence-corrected chi connectivity index (χ4v) is 1.15. The molecule has 0 aliphatic carbocycles. The predicted molar refractivity (Wildman–Crippen MR) is 49.9 cm³/mol. The topological polar surface area (TPSA) is 39.4 Å². The molecule has 1 aromatic heterocycles. The molecule has 72 valence electrons. The summed E-state index contributed by atoms with van der Waals surface area (Å²) in [7, 11) is 0. The van der Waals surface area contributed by atoms with Gasteiger partial charge < -0.3 is 9.15 Å². The van der Waals surface area contributed by atoms with Gasteiger partial charge in [0.1, 0.15) is 5.76 Å². The molecule has 0 aliphatic heterocycles. The smallest absolute Gasteiger partial charge is 0.336 e. The third kappa shape index (κ3) is 3.42. The molecular formula is C10H14O3. The van der Waals surface area contributed by atoms with Crippen LogP contribution in [0.3, 0.4) is 0 Å². The van der Waals surface area contributed by atoms with Crippen molar-refractivity contribution >= 4 is 0 Å². The molecule has 1 aromatic rings. The summed E-state index contributed by atoms with van der Waals surface area (Å²) in [5.74, 6) is 0.652. The first kappa shape index (κ1) is 9.99. The molecule has 0 atom stereocenters. The Kier molecular flexibility index (Phi) is 3.71. The van der Waals surface area contributed by atoms with Gasteiger partial charge >= 0.3 is 5.63 Å². The van der Waals surface area contributed by atoms with E-state index in [4.69, 9.17) is 9.15 Å². The van der Waals surface area contributed by atoms with Gasteiger partial charge in [0.05, 0.1) is 6.61 Å². The van der Waals surface area contributed by atoms with E-state index in [0.717, 1.165) is 12.0 Å². The Morgan fingerprint density at radius 2 is 2.23 bits per heavy atom. The summed E-state index contributed by atoms with van der Waals surface area (Å²) in [6.07, 6.45) is 0.764. The summed E-state index contributed by atoms with van der Waals surface area (Å²) in [6, 6.07) is 3.37. The molecule has 3 nitrogen and oxygen atoms in total. The van der Waals surface area contributed by atoms with E-state index in [9.17, 15) is 4.79 Å². The Labute approximate surface area is 77.3 Å². The Bertz CT molecular complexity index is 314. The molecule has 13 heavy (non-hydrogen) atoms. The van der Waals surface area contributed by atoms with E-state index in [0.29, 0.717) is 19.0 Å². The molecule has 0 spiro atoms. The lowest BCUT2D eigenvalue weighted by atomic mass is 10.2. The third-order valence-electron chi connectivity index (χ3n) is 1.69. The highest BCUT2D eigenvalue weighted by molar-refractivity contribution is 5.12. The maximum absolute atomic E-state index is 10.9.